The highest BCUT2D eigenvalue weighted by Gasteiger charge is 2.06. The number of anilines is 2. The lowest BCUT2D eigenvalue weighted by molar-refractivity contribution is 0.464. The van der Waals surface area contributed by atoms with Crippen molar-refractivity contribution in [2.75, 3.05) is 24.7 Å². The van der Waals surface area contributed by atoms with Gasteiger partial charge in [0.05, 0.1) is 5.69 Å². The molecule has 0 amide bonds. The van der Waals surface area contributed by atoms with Gasteiger partial charge >= 0.3 is 0 Å². The van der Waals surface area contributed by atoms with E-state index in [1.807, 2.05) is 62.3 Å². The highest BCUT2D eigenvalue weighted by Crippen LogP contribution is 2.30. The number of nitrogens with two attached hydrogens (primary N) is 1. The van der Waals surface area contributed by atoms with Gasteiger partial charge in [0, 0.05) is 37.6 Å². The molecule has 0 spiro atoms. The van der Waals surface area contributed by atoms with E-state index in [4.69, 9.17) is 10.5 Å². The third-order valence-corrected chi connectivity index (χ3v) is 2.59. The Balaban J connectivity index is 2.30. The number of ether oxygens (including phenoxy) is 1. The molecule has 0 fully saturated rings. The monoisotopic (exact) mass is 243 g/mol. The average Bonchev–Trinajstić information content (AvgIpc) is 2.31. The number of hydrogen-bond donors (Lipinski definition) is 1. The summed E-state index contributed by atoms with van der Waals surface area (Å²) in [5.41, 5.74) is 8.45. The largest absolute Gasteiger partial charge is 0.437 e. The fourth-order valence-corrected chi connectivity index (χ4v) is 1.58. The van der Waals surface area contributed by atoms with Crippen LogP contribution in [0, 0.1) is 6.92 Å². The summed E-state index contributed by atoms with van der Waals surface area (Å²) in [6.07, 6.45) is 0. The molecule has 0 aliphatic rings. The summed E-state index contributed by atoms with van der Waals surface area (Å²) in [7, 11) is 3.94. The zero-order valence-electron chi connectivity index (χ0n) is 10.8. The Hall–Kier alpha value is -2.23. The molecule has 0 aliphatic heterocycles. The first kappa shape index (κ1) is 12.2. The van der Waals surface area contributed by atoms with Gasteiger partial charge in [-0.25, -0.2) is 4.98 Å². The molecule has 0 unspecified atom stereocenters. The van der Waals surface area contributed by atoms with E-state index in [0.29, 0.717) is 17.3 Å². The predicted octanol–water partition coefficient (Wildman–Crippen LogP) is 2.83. The summed E-state index contributed by atoms with van der Waals surface area (Å²) in [5, 5.41) is 0. The Bertz CT molecular complexity index is 552. The number of nitrogens with zero attached hydrogens (tertiary/aromatic N) is 2. The Kier molecular flexibility index (Phi) is 3.37. The Morgan fingerprint density at radius 1 is 1.17 bits per heavy atom. The molecule has 1 aromatic carbocycles. The SMILES string of the molecule is Cc1cccc(Oc2cc(N(C)C)ccc2N)n1. The van der Waals surface area contributed by atoms with Crippen LogP contribution in [0.5, 0.6) is 11.6 Å². The maximum absolute atomic E-state index is 5.90. The summed E-state index contributed by atoms with van der Waals surface area (Å²) in [5.74, 6) is 1.18. The van der Waals surface area contributed by atoms with Crippen LogP contribution in [0.2, 0.25) is 0 Å². The summed E-state index contributed by atoms with van der Waals surface area (Å²) in [6, 6.07) is 11.3. The van der Waals surface area contributed by atoms with Gasteiger partial charge in [-0.15, -0.1) is 0 Å². The molecule has 18 heavy (non-hydrogen) atoms. The van der Waals surface area contributed by atoms with Crippen LogP contribution in [-0.4, -0.2) is 19.1 Å². The smallest absolute Gasteiger partial charge is 0.219 e. The molecule has 0 bridgehead atoms. The quantitative estimate of drug-likeness (QED) is 0.842. The molecule has 4 nitrogen and oxygen atoms in total. The fourth-order valence-electron chi connectivity index (χ4n) is 1.58. The van der Waals surface area contributed by atoms with E-state index >= 15 is 0 Å². The first-order valence-corrected chi connectivity index (χ1v) is 5.74. The number of hydrogen-bond acceptors (Lipinski definition) is 4. The van der Waals surface area contributed by atoms with Gasteiger partial charge in [0.1, 0.15) is 0 Å². The molecule has 0 radical (unpaired) electrons. The molecule has 94 valence electrons. The van der Waals surface area contributed by atoms with E-state index in [0.717, 1.165) is 11.4 Å². The van der Waals surface area contributed by atoms with Gasteiger partial charge in [-0.3, -0.25) is 0 Å². The summed E-state index contributed by atoms with van der Waals surface area (Å²) in [4.78, 5) is 6.29. The van der Waals surface area contributed by atoms with E-state index in [1.165, 1.54) is 0 Å². The van der Waals surface area contributed by atoms with Gasteiger partial charge in [0.2, 0.25) is 5.88 Å². The third kappa shape index (κ3) is 2.71. The van der Waals surface area contributed by atoms with Crippen molar-refractivity contribution >= 4 is 11.4 Å². The fraction of sp³-hybridized carbons (Fsp3) is 0.214. The van der Waals surface area contributed by atoms with E-state index in [9.17, 15) is 0 Å². The van der Waals surface area contributed by atoms with E-state index in [2.05, 4.69) is 4.98 Å². The lowest BCUT2D eigenvalue weighted by Gasteiger charge is -2.15. The molecule has 2 rings (SSSR count). The molecule has 1 aromatic heterocycles. The van der Waals surface area contributed by atoms with Crippen molar-refractivity contribution in [1.82, 2.24) is 4.98 Å². The lowest BCUT2D eigenvalue weighted by atomic mass is 10.2. The highest BCUT2D eigenvalue weighted by atomic mass is 16.5. The Morgan fingerprint density at radius 2 is 1.94 bits per heavy atom. The van der Waals surface area contributed by atoms with E-state index in [-0.39, 0.29) is 0 Å². The zero-order chi connectivity index (χ0) is 13.1. The van der Waals surface area contributed by atoms with Gasteiger partial charge < -0.3 is 15.4 Å². The topological polar surface area (TPSA) is 51.4 Å². The molecule has 2 aromatic rings. The van der Waals surface area contributed by atoms with Gasteiger partial charge in [0.25, 0.3) is 0 Å². The maximum atomic E-state index is 5.90. The molecule has 2 N–H and O–H groups in total. The zero-order valence-corrected chi connectivity index (χ0v) is 10.8. The number of nitrogen functional groups attached to an aromatic ring is 1. The molecule has 1 heterocycles. The lowest BCUT2D eigenvalue weighted by Crippen LogP contribution is -2.08. The summed E-state index contributed by atoms with van der Waals surface area (Å²) < 4.78 is 5.72. The molecule has 0 saturated heterocycles. The second kappa shape index (κ2) is 4.96. The summed E-state index contributed by atoms with van der Waals surface area (Å²) in [6.45, 7) is 1.92. The predicted molar refractivity (Wildman–Crippen MR) is 74.2 cm³/mol. The van der Waals surface area contributed by atoms with Crippen LogP contribution >= 0.6 is 0 Å². The second-order valence-electron chi connectivity index (χ2n) is 4.34. The van der Waals surface area contributed by atoms with Crippen LogP contribution in [0.3, 0.4) is 0 Å². The first-order chi connectivity index (χ1) is 8.56. The third-order valence-electron chi connectivity index (χ3n) is 2.59. The van der Waals surface area contributed by atoms with Crippen LogP contribution in [0.15, 0.2) is 36.4 Å². The van der Waals surface area contributed by atoms with Crippen molar-refractivity contribution in [3.8, 4) is 11.6 Å². The average molecular weight is 243 g/mol. The standard InChI is InChI=1S/C14H17N3O/c1-10-5-4-6-14(16-10)18-13-9-11(17(2)3)7-8-12(13)15/h4-9H,15H2,1-3H3. The molecular weight excluding hydrogens is 226 g/mol. The number of benzene rings is 1. The number of aromatic nitrogens is 1. The van der Waals surface area contributed by atoms with Crippen molar-refractivity contribution in [3.63, 3.8) is 0 Å². The van der Waals surface area contributed by atoms with E-state index in [1.54, 1.807) is 0 Å². The van der Waals surface area contributed by atoms with Gasteiger partial charge in [-0.05, 0) is 25.1 Å². The highest BCUT2D eigenvalue weighted by molar-refractivity contribution is 5.62. The minimum absolute atomic E-state index is 0.553. The van der Waals surface area contributed by atoms with Crippen LogP contribution in [0.1, 0.15) is 5.69 Å². The number of aryl methyl sites for hydroxylation is 1. The van der Waals surface area contributed by atoms with Crippen molar-refractivity contribution in [1.29, 1.82) is 0 Å². The summed E-state index contributed by atoms with van der Waals surface area (Å²) >= 11 is 0. The molecule has 0 aliphatic carbocycles. The second-order valence-corrected chi connectivity index (χ2v) is 4.34. The van der Waals surface area contributed by atoms with Crippen LogP contribution < -0.4 is 15.4 Å². The molecule has 0 atom stereocenters. The Morgan fingerprint density at radius 3 is 2.61 bits per heavy atom. The van der Waals surface area contributed by atoms with Crippen molar-refractivity contribution in [2.24, 2.45) is 0 Å². The first-order valence-electron chi connectivity index (χ1n) is 5.74. The van der Waals surface area contributed by atoms with Crippen LogP contribution in [0.25, 0.3) is 0 Å². The maximum Gasteiger partial charge on any atom is 0.219 e. The van der Waals surface area contributed by atoms with Crippen LogP contribution in [-0.2, 0) is 0 Å². The minimum atomic E-state index is 0.553. The number of rotatable bonds is 3. The van der Waals surface area contributed by atoms with Gasteiger partial charge in [-0.2, -0.15) is 0 Å². The van der Waals surface area contributed by atoms with E-state index < -0.39 is 0 Å². The number of pyridine rings is 1. The molecule has 0 saturated carbocycles. The van der Waals surface area contributed by atoms with Crippen molar-refractivity contribution in [2.45, 2.75) is 6.92 Å². The molecule has 4 heteroatoms. The van der Waals surface area contributed by atoms with Crippen molar-refractivity contribution < 1.29 is 4.74 Å². The van der Waals surface area contributed by atoms with Gasteiger partial charge in [-0.1, -0.05) is 6.07 Å². The normalized spacial score (nSPS) is 10.2. The van der Waals surface area contributed by atoms with Crippen LogP contribution in [0.4, 0.5) is 11.4 Å². The molecular formula is C14H17N3O. The minimum Gasteiger partial charge on any atom is -0.437 e. The Labute approximate surface area is 107 Å². The van der Waals surface area contributed by atoms with Gasteiger partial charge in [0.15, 0.2) is 5.75 Å². The van der Waals surface area contributed by atoms with Crippen molar-refractivity contribution in [3.05, 3.63) is 42.1 Å².